The summed E-state index contributed by atoms with van der Waals surface area (Å²) in [6.45, 7) is 3.57. The van der Waals surface area contributed by atoms with Gasteiger partial charge in [-0.15, -0.1) is 0 Å². The molecule has 136 valence electrons. The summed E-state index contributed by atoms with van der Waals surface area (Å²) < 4.78 is 6.26. The summed E-state index contributed by atoms with van der Waals surface area (Å²) in [5.41, 5.74) is 4.77. The number of halogens is 1. The van der Waals surface area contributed by atoms with E-state index in [1.54, 1.807) is 19.1 Å². The maximum Gasteiger partial charge on any atom is 0.277 e. The number of ether oxygens (including phenoxy) is 1. The number of nitro groups is 1. The molecular weight excluding hydrogens is 402 g/mol. The van der Waals surface area contributed by atoms with Crippen molar-refractivity contribution in [2.45, 2.75) is 20.3 Å². The number of hydrogen-bond acceptors (Lipinski definition) is 5. The van der Waals surface area contributed by atoms with E-state index in [9.17, 15) is 14.9 Å². The number of non-ortho nitro benzene ring substituents is 1. The van der Waals surface area contributed by atoms with Gasteiger partial charge in [-0.05, 0) is 64.7 Å². The molecule has 1 amide bonds. The highest BCUT2D eigenvalue weighted by Gasteiger charge is 2.08. The van der Waals surface area contributed by atoms with Crippen LogP contribution in [0.3, 0.4) is 0 Å². The number of carbonyl (C=O) groups is 1. The number of nitrogens with zero attached hydrogens (tertiary/aromatic N) is 2. The smallest absolute Gasteiger partial charge is 0.277 e. The predicted octanol–water partition coefficient (Wildman–Crippen LogP) is 3.84. The highest BCUT2D eigenvalue weighted by molar-refractivity contribution is 9.10. The molecule has 0 unspecified atom stereocenters. The van der Waals surface area contributed by atoms with Gasteiger partial charge in [0.2, 0.25) is 0 Å². The number of carbonyl (C=O) groups excluding carboxylic acids is 1. The summed E-state index contributed by atoms with van der Waals surface area (Å²) in [6.07, 6.45) is 0.913. The highest BCUT2D eigenvalue weighted by atomic mass is 79.9. The van der Waals surface area contributed by atoms with Crippen molar-refractivity contribution in [1.82, 2.24) is 5.43 Å². The second kappa shape index (κ2) is 9.10. The number of nitro benzene ring substituents is 1. The van der Waals surface area contributed by atoms with Crippen LogP contribution in [0.25, 0.3) is 0 Å². The highest BCUT2D eigenvalue weighted by Crippen LogP contribution is 2.26. The Labute approximate surface area is 159 Å². The van der Waals surface area contributed by atoms with Crippen LogP contribution in [0.15, 0.2) is 52.0 Å². The largest absolute Gasteiger partial charge is 0.483 e. The molecule has 0 bridgehead atoms. The third-order valence-corrected chi connectivity index (χ3v) is 4.23. The fourth-order valence-corrected chi connectivity index (χ4v) is 2.63. The zero-order chi connectivity index (χ0) is 19.1. The van der Waals surface area contributed by atoms with Crippen LogP contribution in [0.5, 0.6) is 5.75 Å². The molecule has 0 aliphatic rings. The average molecular weight is 420 g/mol. The van der Waals surface area contributed by atoms with Crippen molar-refractivity contribution in [2.24, 2.45) is 5.10 Å². The second-order valence-corrected chi connectivity index (χ2v) is 6.30. The lowest BCUT2D eigenvalue weighted by molar-refractivity contribution is -0.384. The number of hydrazone groups is 1. The Morgan fingerprint density at radius 2 is 1.96 bits per heavy atom. The van der Waals surface area contributed by atoms with E-state index in [0.29, 0.717) is 17.0 Å². The molecule has 2 aromatic rings. The van der Waals surface area contributed by atoms with E-state index in [2.05, 4.69) is 33.4 Å². The van der Waals surface area contributed by atoms with Crippen LogP contribution < -0.4 is 10.2 Å². The quantitative estimate of drug-likeness (QED) is 0.419. The number of hydrogen-bond donors (Lipinski definition) is 1. The molecule has 7 nitrogen and oxygen atoms in total. The molecule has 0 spiro atoms. The van der Waals surface area contributed by atoms with Gasteiger partial charge in [-0.1, -0.05) is 13.0 Å². The van der Waals surface area contributed by atoms with Gasteiger partial charge in [0.05, 0.1) is 15.1 Å². The van der Waals surface area contributed by atoms with Crippen molar-refractivity contribution in [3.8, 4) is 5.75 Å². The van der Waals surface area contributed by atoms with Gasteiger partial charge in [0, 0.05) is 12.1 Å². The zero-order valence-corrected chi connectivity index (χ0v) is 15.9. The summed E-state index contributed by atoms with van der Waals surface area (Å²) in [6, 6.07) is 11.6. The van der Waals surface area contributed by atoms with E-state index >= 15 is 0 Å². The molecule has 2 rings (SSSR count). The first-order valence-corrected chi connectivity index (χ1v) is 8.69. The van der Waals surface area contributed by atoms with Crippen LogP contribution in [0.1, 0.15) is 25.0 Å². The summed E-state index contributed by atoms with van der Waals surface area (Å²) in [4.78, 5) is 22.1. The van der Waals surface area contributed by atoms with Gasteiger partial charge >= 0.3 is 0 Å². The average Bonchev–Trinajstić information content (AvgIpc) is 2.65. The molecule has 0 saturated carbocycles. The van der Waals surface area contributed by atoms with Gasteiger partial charge in [-0.3, -0.25) is 14.9 Å². The SMILES string of the molecule is CCc1ccc(OCC(=O)N/N=C(\C)c2ccc([N+](=O)[O-])cc2)c(Br)c1. The predicted molar refractivity (Wildman–Crippen MR) is 102 cm³/mol. The summed E-state index contributed by atoms with van der Waals surface area (Å²) in [5, 5.41) is 14.6. The number of aryl methyl sites for hydroxylation is 1. The topological polar surface area (TPSA) is 93.8 Å². The standard InChI is InChI=1S/C18H18BrN3O4/c1-3-13-4-9-17(16(19)10-13)26-11-18(23)21-20-12(2)14-5-7-15(8-6-14)22(24)25/h4-10H,3,11H2,1-2H3,(H,21,23)/b20-12+. The zero-order valence-electron chi connectivity index (χ0n) is 14.4. The first kappa shape index (κ1) is 19.6. The minimum atomic E-state index is -0.472. The molecule has 26 heavy (non-hydrogen) atoms. The number of benzene rings is 2. The Bertz CT molecular complexity index is 835. The molecule has 2 aromatic carbocycles. The van der Waals surface area contributed by atoms with Crippen LogP contribution in [-0.4, -0.2) is 23.1 Å². The van der Waals surface area contributed by atoms with Crippen molar-refractivity contribution >= 4 is 33.2 Å². The molecule has 8 heteroatoms. The van der Waals surface area contributed by atoms with Crippen molar-refractivity contribution < 1.29 is 14.5 Å². The lowest BCUT2D eigenvalue weighted by atomic mass is 10.1. The van der Waals surface area contributed by atoms with E-state index < -0.39 is 10.8 Å². The Morgan fingerprint density at radius 3 is 2.54 bits per heavy atom. The minimum Gasteiger partial charge on any atom is -0.483 e. The Balaban J connectivity index is 1.91. The Hall–Kier alpha value is -2.74. The number of nitrogens with one attached hydrogen (secondary N) is 1. The summed E-state index contributed by atoms with van der Waals surface area (Å²) in [5.74, 6) is 0.172. The molecule has 0 radical (unpaired) electrons. The van der Waals surface area contributed by atoms with E-state index in [4.69, 9.17) is 4.74 Å². The number of amides is 1. The molecule has 1 N–H and O–H groups in total. The van der Waals surface area contributed by atoms with Crippen LogP contribution in [0.4, 0.5) is 5.69 Å². The van der Waals surface area contributed by atoms with E-state index in [-0.39, 0.29) is 12.3 Å². The van der Waals surface area contributed by atoms with Gasteiger partial charge < -0.3 is 4.74 Å². The second-order valence-electron chi connectivity index (χ2n) is 5.44. The molecule has 0 fully saturated rings. The maximum absolute atomic E-state index is 11.9. The van der Waals surface area contributed by atoms with E-state index in [0.717, 1.165) is 16.5 Å². The molecular formula is C18H18BrN3O4. The first-order valence-electron chi connectivity index (χ1n) is 7.90. The molecule has 0 saturated heterocycles. The van der Waals surface area contributed by atoms with Gasteiger partial charge in [-0.2, -0.15) is 5.10 Å². The van der Waals surface area contributed by atoms with E-state index in [1.165, 1.54) is 12.1 Å². The van der Waals surface area contributed by atoms with Gasteiger partial charge in [0.1, 0.15) is 5.75 Å². The third kappa shape index (κ3) is 5.38. The molecule has 0 atom stereocenters. The lowest BCUT2D eigenvalue weighted by Gasteiger charge is -2.09. The van der Waals surface area contributed by atoms with Crippen molar-refractivity contribution in [3.63, 3.8) is 0 Å². The first-order chi connectivity index (χ1) is 12.4. The number of rotatable bonds is 7. The van der Waals surface area contributed by atoms with Crippen molar-refractivity contribution in [2.75, 3.05) is 6.61 Å². The Morgan fingerprint density at radius 1 is 1.27 bits per heavy atom. The molecule has 0 aliphatic carbocycles. The molecule has 0 heterocycles. The molecule has 0 aromatic heterocycles. The molecule has 0 aliphatic heterocycles. The normalized spacial score (nSPS) is 11.1. The Kier molecular flexibility index (Phi) is 6.85. The lowest BCUT2D eigenvalue weighted by Crippen LogP contribution is -2.25. The monoisotopic (exact) mass is 419 g/mol. The van der Waals surface area contributed by atoms with Crippen molar-refractivity contribution in [1.29, 1.82) is 0 Å². The van der Waals surface area contributed by atoms with Crippen LogP contribution in [0, 0.1) is 10.1 Å². The third-order valence-electron chi connectivity index (χ3n) is 3.61. The van der Waals surface area contributed by atoms with Crippen LogP contribution in [-0.2, 0) is 11.2 Å². The summed E-state index contributed by atoms with van der Waals surface area (Å²) in [7, 11) is 0. The van der Waals surface area contributed by atoms with Gasteiger partial charge in [0.25, 0.3) is 11.6 Å². The maximum atomic E-state index is 11.9. The summed E-state index contributed by atoms with van der Waals surface area (Å²) >= 11 is 3.41. The van der Waals surface area contributed by atoms with Crippen LogP contribution >= 0.6 is 15.9 Å². The van der Waals surface area contributed by atoms with Crippen LogP contribution in [0.2, 0.25) is 0 Å². The van der Waals surface area contributed by atoms with Crippen molar-refractivity contribution in [3.05, 3.63) is 68.2 Å². The fraction of sp³-hybridized carbons (Fsp3) is 0.222. The van der Waals surface area contributed by atoms with Gasteiger partial charge in [-0.25, -0.2) is 5.43 Å². The van der Waals surface area contributed by atoms with Gasteiger partial charge in [0.15, 0.2) is 6.61 Å². The minimum absolute atomic E-state index is 0.00125. The van der Waals surface area contributed by atoms with E-state index in [1.807, 2.05) is 18.2 Å². The fourth-order valence-electron chi connectivity index (χ4n) is 2.09.